The Hall–Kier alpha value is -0.0900. The Balaban J connectivity index is 1.85. The molecule has 1 atom stereocenters. The minimum Gasteiger partial charge on any atom is -0.313 e. The van der Waals surface area contributed by atoms with Gasteiger partial charge in [0.25, 0.3) is 0 Å². The van der Waals surface area contributed by atoms with Gasteiger partial charge in [0.15, 0.2) is 0 Å². The molecule has 0 amide bonds. The van der Waals surface area contributed by atoms with Crippen molar-refractivity contribution in [2.24, 2.45) is 0 Å². The van der Waals surface area contributed by atoms with Crippen molar-refractivity contribution < 1.29 is 0 Å². The first-order valence-corrected chi connectivity index (χ1v) is 7.17. The van der Waals surface area contributed by atoms with Crippen molar-refractivity contribution >= 4 is 22.9 Å². The number of thiophene rings is 1. The van der Waals surface area contributed by atoms with Crippen LogP contribution in [-0.4, -0.2) is 30.6 Å². The van der Waals surface area contributed by atoms with Crippen molar-refractivity contribution in [2.45, 2.75) is 32.4 Å². The smallest absolute Gasteiger partial charge is 0.0931 e. The summed E-state index contributed by atoms with van der Waals surface area (Å²) in [5.74, 6) is 0. The second-order valence-electron chi connectivity index (χ2n) is 4.34. The molecule has 0 spiro atoms. The minimum absolute atomic E-state index is 0.675. The Morgan fingerprint density at radius 2 is 2.44 bits per heavy atom. The lowest BCUT2D eigenvalue weighted by atomic mass is 10.1. The molecule has 1 saturated heterocycles. The topological polar surface area (TPSA) is 15.3 Å². The van der Waals surface area contributed by atoms with E-state index in [0.29, 0.717) is 6.04 Å². The van der Waals surface area contributed by atoms with Crippen LogP contribution in [0.4, 0.5) is 0 Å². The van der Waals surface area contributed by atoms with E-state index in [9.17, 15) is 0 Å². The summed E-state index contributed by atoms with van der Waals surface area (Å²) in [6.45, 7) is 6.70. The van der Waals surface area contributed by atoms with Crippen LogP contribution in [-0.2, 0) is 6.54 Å². The highest BCUT2D eigenvalue weighted by Crippen LogP contribution is 2.23. The second-order valence-corrected chi connectivity index (χ2v) is 6.14. The van der Waals surface area contributed by atoms with Crippen LogP contribution < -0.4 is 5.32 Å². The molecule has 2 heterocycles. The third-order valence-electron chi connectivity index (χ3n) is 3.01. The van der Waals surface area contributed by atoms with Gasteiger partial charge in [-0.1, -0.05) is 18.5 Å². The molecule has 0 saturated carbocycles. The number of nitrogens with one attached hydrogen (secondary N) is 1. The van der Waals surface area contributed by atoms with Gasteiger partial charge in [-0.3, -0.25) is 4.90 Å². The molecule has 2 nitrogen and oxygen atoms in total. The zero-order valence-corrected chi connectivity index (χ0v) is 11.3. The molecule has 4 heteroatoms. The summed E-state index contributed by atoms with van der Waals surface area (Å²) in [6.07, 6.45) is 2.62. The lowest BCUT2D eigenvalue weighted by Gasteiger charge is -2.32. The predicted octanol–water partition coefficient (Wildman–Crippen LogP) is 2.98. The zero-order valence-electron chi connectivity index (χ0n) is 9.71. The lowest BCUT2D eigenvalue weighted by Crippen LogP contribution is -2.45. The Kier molecular flexibility index (Phi) is 4.65. The molecule has 1 aliphatic rings. The number of hydrogen-bond donors (Lipinski definition) is 1. The molecule has 90 valence electrons. The highest BCUT2D eigenvalue weighted by atomic mass is 35.5. The molecule has 0 radical (unpaired) electrons. The predicted molar refractivity (Wildman–Crippen MR) is 71.3 cm³/mol. The number of rotatable bonds is 4. The fourth-order valence-electron chi connectivity index (χ4n) is 2.31. The van der Waals surface area contributed by atoms with E-state index in [-0.39, 0.29) is 0 Å². The maximum atomic E-state index is 5.94. The minimum atomic E-state index is 0.675. The van der Waals surface area contributed by atoms with Gasteiger partial charge in [-0.2, -0.15) is 0 Å². The van der Waals surface area contributed by atoms with Crippen molar-refractivity contribution in [3.05, 3.63) is 21.3 Å². The van der Waals surface area contributed by atoms with Crippen LogP contribution >= 0.6 is 22.9 Å². The molecule has 1 aromatic rings. The number of likely N-dealkylation sites (tertiary alicyclic amines) is 1. The van der Waals surface area contributed by atoms with Gasteiger partial charge in [0.2, 0.25) is 0 Å². The highest BCUT2D eigenvalue weighted by molar-refractivity contribution is 7.16. The third-order valence-corrected chi connectivity index (χ3v) is 4.22. The maximum absolute atomic E-state index is 5.94. The van der Waals surface area contributed by atoms with E-state index in [1.807, 2.05) is 6.07 Å². The molecule has 1 unspecified atom stereocenters. The Bertz CT molecular complexity index is 325. The van der Waals surface area contributed by atoms with Crippen LogP contribution in [0.5, 0.6) is 0 Å². The van der Waals surface area contributed by atoms with E-state index in [4.69, 9.17) is 11.6 Å². The van der Waals surface area contributed by atoms with Gasteiger partial charge in [0.1, 0.15) is 0 Å². The summed E-state index contributed by atoms with van der Waals surface area (Å²) in [5.41, 5.74) is 0. The monoisotopic (exact) mass is 258 g/mol. The number of piperidine rings is 1. The van der Waals surface area contributed by atoms with Crippen LogP contribution in [0.3, 0.4) is 0 Å². The largest absolute Gasteiger partial charge is 0.313 e. The van der Waals surface area contributed by atoms with Gasteiger partial charge in [-0.15, -0.1) is 11.3 Å². The summed E-state index contributed by atoms with van der Waals surface area (Å²) in [5, 5.41) is 3.54. The lowest BCUT2D eigenvalue weighted by molar-refractivity contribution is 0.186. The van der Waals surface area contributed by atoms with E-state index in [2.05, 4.69) is 23.2 Å². The first-order valence-electron chi connectivity index (χ1n) is 5.98. The molecule has 0 aliphatic carbocycles. The van der Waals surface area contributed by atoms with Crippen molar-refractivity contribution in [3.8, 4) is 0 Å². The van der Waals surface area contributed by atoms with Gasteiger partial charge in [0, 0.05) is 24.0 Å². The molecule has 1 aromatic heterocycles. The van der Waals surface area contributed by atoms with E-state index in [1.54, 1.807) is 11.3 Å². The summed E-state index contributed by atoms with van der Waals surface area (Å²) in [7, 11) is 0. The van der Waals surface area contributed by atoms with Crippen molar-refractivity contribution in [3.63, 3.8) is 0 Å². The van der Waals surface area contributed by atoms with Gasteiger partial charge in [-0.05, 0) is 38.1 Å². The van der Waals surface area contributed by atoms with Gasteiger partial charge >= 0.3 is 0 Å². The zero-order chi connectivity index (χ0) is 11.4. The Morgan fingerprint density at radius 3 is 3.12 bits per heavy atom. The first kappa shape index (κ1) is 12.4. The normalized spacial score (nSPS) is 22.5. The Labute approximate surface area is 107 Å². The molecule has 0 aromatic carbocycles. The van der Waals surface area contributed by atoms with Gasteiger partial charge < -0.3 is 5.32 Å². The summed E-state index contributed by atoms with van der Waals surface area (Å²) < 4.78 is 0.898. The fourth-order valence-corrected chi connectivity index (χ4v) is 3.44. The van der Waals surface area contributed by atoms with Crippen LogP contribution in [0.25, 0.3) is 0 Å². The van der Waals surface area contributed by atoms with Crippen molar-refractivity contribution in [1.29, 1.82) is 0 Å². The molecule has 1 N–H and O–H groups in total. The van der Waals surface area contributed by atoms with Crippen LogP contribution in [0.2, 0.25) is 4.34 Å². The number of nitrogens with zero attached hydrogens (tertiary/aromatic N) is 1. The quantitative estimate of drug-likeness (QED) is 0.893. The van der Waals surface area contributed by atoms with Gasteiger partial charge in [0.05, 0.1) is 4.34 Å². The Morgan fingerprint density at radius 1 is 1.56 bits per heavy atom. The standard InChI is InChI=1S/C12H19ClN2S/c1-2-14-10-4-3-7-15(8-10)9-11-5-6-12(13)16-11/h5-6,10,14H,2-4,7-9H2,1H3. The van der Waals surface area contributed by atoms with Crippen LogP contribution in [0, 0.1) is 0 Å². The number of likely N-dealkylation sites (N-methyl/N-ethyl adjacent to an activating group) is 1. The molecular formula is C12H19ClN2S. The average molecular weight is 259 g/mol. The third kappa shape index (κ3) is 3.45. The molecule has 1 fully saturated rings. The average Bonchev–Trinajstić information content (AvgIpc) is 2.65. The molecule has 2 rings (SSSR count). The van der Waals surface area contributed by atoms with E-state index < -0.39 is 0 Å². The van der Waals surface area contributed by atoms with Crippen molar-refractivity contribution in [2.75, 3.05) is 19.6 Å². The van der Waals surface area contributed by atoms with E-state index in [0.717, 1.165) is 17.4 Å². The summed E-state index contributed by atoms with van der Waals surface area (Å²) in [6, 6.07) is 4.81. The van der Waals surface area contributed by atoms with E-state index >= 15 is 0 Å². The maximum Gasteiger partial charge on any atom is 0.0931 e. The molecule has 1 aliphatic heterocycles. The highest BCUT2D eigenvalue weighted by Gasteiger charge is 2.19. The molecule has 16 heavy (non-hydrogen) atoms. The number of hydrogen-bond acceptors (Lipinski definition) is 3. The van der Waals surface area contributed by atoms with Crippen LogP contribution in [0.15, 0.2) is 12.1 Å². The SMILES string of the molecule is CCNC1CCCN(Cc2ccc(Cl)s2)C1. The summed E-state index contributed by atoms with van der Waals surface area (Å²) >= 11 is 7.64. The van der Waals surface area contributed by atoms with Crippen molar-refractivity contribution in [1.82, 2.24) is 10.2 Å². The molecule has 0 bridgehead atoms. The van der Waals surface area contributed by atoms with Gasteiger partial charge in [-0.25, -0.2) is 0 Å². The second kappa shape index (κ2) is 6.01. The first-order chi connectivity index (χ1) is 7.78. The number of halogens is 1. The summed E-state index contributed by atoms with van der Waals surface area (Å²) in [4.78, 5) is 3.90. The van der Waals surface area contributed by atoms with Crippen LogP contribution in [0.1, 0.15) is 24.6 Å². The fraction of sp³-hybridized carbons (Fsp3) is 0.667. The molecular weight excluding hydrogens is 240 g/mol. The van der Waals surface area contributed by atoms with E-state index in [1.165, 1.54) is 30.8 Å².